The summed E-state index contributed by atoms with van der Waals surface area (Å²) in [7, 11) is 1.66. The van der Waals surface area contributed by atoms with Gasteiger partial charge in [-0.05, 0) is 12.8 Å². The van der Waals surface area contributed by atoms with Crippen molar-refractivity contribution >= 4 is 0 Å². The smallest absolute Gasteiger partial charge is 0.0900 e. The molecular weight excluding hydrogens is 256 g/mol. The van der Waals surface area contributed by atoms with Crippen molar-refractivity contribution in [2.45, 2.75) is 43.7 Å². The molecule has 1 saturated heterocycles. The molecule has 2 fully saturated rings. The van der Waals surface area contributed by atoms with Crippen LogP contribution < -0.4 is 5.32 Å². The Hall–Kier alpha value is -0.200. The lowest BCUT2D eigenvalue weighted by Crippen LogP contribution is -2.63. The Labute approximate surface area is 122 Å². The molecular formula is C15H30N2O3. The van der Waals surface area contributed by atoms with Crippen molar-refractivity contribution in [3.8, 4) is 0 Å². The summed E-state index contributed by atoms with van der Waals surface area (Å²) in [6.45, 7) is 5.42. The highest BCUT2D eigenvalue weighted by atomic mass is 16.5. The van der Waals surface area contributed by atoms with Gasteiger partial charge in [-0.3, -0.25) is 4.90 Å². The average molecular weight is 286 g/mol. The van der Waals surface area contributed by atoms with Gasteiger partial charge in [0, 0.05) is 38.8 Å². The third-order valence-electron chi connectivity index (χ3n) is 4.64. The molecule has 0 bridgehead atoms. The van der Waals surface area contributed by atoms with E-state index in [1.54, 1.807) is 7.11 Å². The molecule has 118 valence electrons. The second kappa shape index (κ2) is 8.29. The first-order valence-electron chi connectivity index (χ1n) is 7.97. The second-order valence-corrected chi connectivity index (χ2v) is 6.13. The Bertz CT molecular complexity index is 262. The van der Waals surface area contributed by atoms with E-state index in [1.807, 2.05) is 0 Å². The van der Waals surface area contributed by atoms with E-state index in [0.29, 0.717) is 19.8 Å². The molecule has 1 aliphatic carbocycles. The zero-order valence-electron chi connectivity index (χ0n) is 12.8. The van der Waals surface area contributed by atoms with E-state index in [2.05, 4.69) is 10.2 Å². The molecule has 1 saturated carbocycles. The van der Waals surface area contributed by atoms with Crippen LogP contribution in [-0.2, 0) is 9.47 Å². The van der Waals surface area contributed by atoms with E-state index in [0.717, 1.165) is 26.2 Å². The summed E-state index contributed by atoms with van der Waals surface area (Å²) in [6.07, 6.45) is 6.12. The van der Waals surface area contributed by atoms with Crippen LogP contribution in [0.5, 0.6) is 0 Å². The zero-order valence-corrected chi connectivity index (χ0v) is 12.8. The number of β-amino-alcohol motifs (C(OH)–C–C–N with tert-alkyl or cyclic N) is 1. The monoisotopic (exact) mass is 286 g/mol. The van der Waals surface area contributed by atoms with Gasteiger partial charge in [-0.15, -0.1) is 0 Å². The molecule has 1 spiro atoms. The van der Waals surface area contributed by atoms with Crippen LogP contribution in [-0.4, -0.2) is 74.8 Å². The summed E-state index contributed by atoms with van der Waals surface area (Å²) in [4.78, 5) is 2.51. The minimum atomic E-state index is -0.399. The van der Waals surface area contributed by atoms with Gasteiger partial charge < -0.3 is 19.9 Å². The van der Waals surface area contributed by atoms with Gasteiger partial charge in [0.15, 0.2) is 0 Å². The molecule has 1 unspecified atom stereocenters. The van der Waals surface area contributed by atoms with Crippen molar-refractivity contribution in [3.05, 3.63) is 0 Å². The number of hydrogen-bond acceptors (Lipinski definition) is 5. The largest absolute Gasteiger partial charge is 0.389 e. The Morgan fingerprint density at radius 1 is 1.25 bits per heavy atom. The topological polar surface area (TPSA) is 54.0 Å². The average Bonchev–Trinajstić information content (AvgIpc) is 2.47. The quantitative estimate of drug-likeness (QED) is 0.672. The van der Waals surface area contributed by atoms with Crippen LogP contribution in [0.3, 0.4) is 0 Å². The van der Waals surface area contributed by atoms with Gasteiger partial charge in [0.1, 0.15) is 0 Å². The number of piperazine rings is 1. The minimum Gasteiger partial charge on any atom is -0.389 e. The number of hydrogen-bond donors (Lipinski definition) is 2. The molecule has 0 aromatic carbocycles. The first kappa shape index (κ1) is 16.2. The van der Waals surface area contributed by atoms with Crippen LogP contribution in [0, 0.1) is 0 Å². The fourth-order valence-electron chi connectivity index (χ4n) is 3.54. The van der Waals surface area contributed by atoms with Crippen LogP contribution in [0.15, 0.2) is 0 Å². The Morgan fingerprint density at radius 3 is 2.80 bits per heavy atom. The van der Waals surface area contributed by atoms with Crippen molar-refractivity contribution in [2.24, 2.45) is 0 Å². The number of aliphatic hydroxyl groups is 1. The summed E-state index contributed by atoms with van der Waals surface area (Å²) in [5, 5.41) is 13.7. The highest BCUT2D eigenvalue weighted by Crippen LogP contribution is 2.34. The SMILES string of the molecule is COCCOCC(O)CN1CCNCC12CCCCC2. The maximum absolute atomic E-state index is 10.2. The van der Waals surface area contributed by atoms with E-state index in [-0.39, 0.29) is 5.54 Å². The first-order chi connectivity index (χ1) is 9.77. The van der Waals surface area contributed by atoms with Crippen molar-refractivity contribution in [2.75, 3.05) is 53.1 Å². The van der Waals surface area contributed by atoms with E-state index < -0.39 is 6.10 Å². The zero-order chi connectivity index (χ0) is 14.3. The molecule has 5 nitrogen and oxygen atoms in total. The second-order valence-electron chi connectivity index (χ2n) is 6.13. The molecule has 1 heterocycles. The van der Waals surface area contributed by atoms with Crippen LogP contribution in [0.25, 0.3) is 0 Å². The van der Waals surface area contributed by atoms with Crippen LogP contribution >= 0.6 is 0 Å². The Morgan fingerprint density at radius 2 is 2.05 bits per heavy atom. The van der Waals surface area contributed by atoms with Gasteiger partial charge >= 0.3 is 0 Å². The molecule has 0 aromatic rings. The van der Waals surface area contributed by atoms with Gasteiger partial charge in [0.25, 0.3) is 0 Å². The normalized spacial score (nSPS) is 24.9. The third-order valence-corrected chi connectivity index (χ3v) is 4.64. The van der Waals surface area contributed by atoms with Crippen LogP contribution in [0.2, 0.25) is 0 Å². The molecule has 2 rings (SSSR count). The van der Waals surface area contributed by atoms with Crippen molar-refractivity contribution < 1.29 is 14.6 Å². The lowest BCUT2D eigenvalue weighted by atomic mass is 9.79. The summed E-state index contributed by atoms with van der Waals surface area (Å²) in [5.74, 6) is 0. The van der Waals surface area contributed by atoms with E-state index >= 15 is 0 Å². The number of methoxy groups -OCH3 is 1. The van der Waals surface area contributed by atoms with Gasteiger partial charge in [0.2, 0.25) is 0 Å². The van der Waals surface area contributed by atoms with E-state index in [4.69, 9.17) is 9.47 Å². The predicted octanol–water partition coefficient (Wildman–Crippen LogP) is 0.618. The van der Waals surface area contributed by atoms with Gasteiger partial charge in [-0.1, -0.05) is 19.3 Å². The lowest BCUT2D eigenvalue weighted by Gasteiger charge is -2.50. The highest BCUT2D eigenvalue weighted by Gasteiger charge is 2.40. The fraction of sp³-hybridized carbons (Fsp3) is 1.00. The summed E-state index contributed by atoms with van der Waals surface area (Å²) >= 11 is 0. The Balaban J connectivity index is 1.79. The molecule has 0 amide bonds. The van der Waals surface area contributed by atoms with Gasteiger partial charge in [-0.2, -0.15) is 0 Å². The van der Waals surface area contributed by atoms with Crippen molar-refractivity contribution in [1.29, 1.82) is 0 Å². The van der Waals surface area contributed by atoms with Crippen LogP contribution in [0.4, 0.5) is 0 Å². The standard InChI is InChI=1S/C15H30N2O3/c1-19-9-10-20-12-14(18)11-17-8-7-16-13-15(17)5-3-2-4-6-15/h14,16,18H,2-13H2,1H3. The molecule has 0 radical (unpaired) electrons. The maximum Gasteiger partial charge on any atom is 0.0900 e. The number of ether oxygens (including phenoxy) is 2. The van der Waals surface area contributed by atoms with Crippen molar-refractivity contribution in [3.63, 3.8) is 0 Å². The maximum atomic E-state index is 10.2. The molecule has 1 atom stereocenters. The Kier molecular flexibility index (Phi) is 6.71. The predicted molar refractivity (Wildman–Crippen MR) is 79.0 cm³/mol. The number of rotatable bonds is 7. The summed E-state index contributed by atoms with van der Waals surface area (Å²) in [5.41, 5.74) is 0.282. The molecule has 2 N–H and O–H groups in total. The first-order valence-corrected chi connectivity index (χ1v) is 7.97. The molecule has 20 heavy (non-hydrogen) atoms. The number of nitrogens with one attached hydrogen (secondary N) is 1. The van der Waals surface area contributed by atoms with Gasteiger partial charge in [-0.25, -0.2) is 0 Å². The summed E-state index contributed by atoms with van der Waals surface area (Å²) in [6, 6.07) is 0. The molecule has 0 aromatic heterocycles. The highest BCUT2D eigenvalue weighted by molar-refractivity contribution is 4.98. The summed E-state index contributed by atoms with van der Waals surface area (Å²) < 4.78 is 10.4. The lowest BCUT2D eigenvalue weighted by molar-refractivity contribution is -0.0390. The van der Waals surface area contributed by atoms with E-state index in [1.165, 1.54) is 32.1 Å². The fourth-order valence-corrected chi connectivity index (χ4v) is 3.54. The van der Waals surface area contributed by atoms with Gasteiger partial charge in [0.05, 0.1) is 25.9 Å². The molecule has 1 aliphatic heterocycles. The number of aliphatic hydroxyl groups excluding tert-OH is 1. The van der Waals surface area contributed by atoms with Crippen molar-refractivity contribution in [1.82, 2.24) is 10.2 Å². The third kappa shape index (κ3) is 4.40. The molecule has 2 aliphatic rings. The molecule has 5 heteroatoms. The minimum absolute atomic E-state index is 0.282. The van der Waals surface area contributed by atoms with Crippen LogP contribution in [0.1, 0.15) is 32.1 Å². The number of nitrogens with zero attached hydrogens (tertiary/aromatic N) is 1. The van der Waals surface area contributed by atoms with E-state index in [9.17, 15) is 5.11 Å².